The fourth-order valence-corrected chi connectivity index (χ4v) is 2.98. The minimum absolute atomic E-state index is 0.0725. The summed E-state index contributed by atoms with van der Waals surface area (Å²) < 4.78 is 0. The Bertz CT molecular complexity index is 701. The van der Waals surface area contributed by atoms with Gasteiger partial charge in [-0.05, 0) is 54.7 Å². The highest BCUT2D eigenvalue weighted by atomic mass is 35.5. The zero-order chi connectivity index (χ0) is 16.2. The minimum atomic E-state index is -0.0725. The number of aromatic hydroxyl groups is 1. The van der Waals surface area contributed by atoms with Crippen LogP contribution in [0.2, 0.25) is 5.02 Å². The lowest BCUT2D eigenvalue weighted by Crippen LogP contribution is -2.39. The quantitative estimate of drug-likeness (QED) is 0.839. The van der Waals surface area contributed by atoms with E-state index in [1.54, 1.807) is 17.0 Å². The van der Waals surface area contributed by atoms with Crippen molar-refractivity contribution in [1.29, 1.82) is 0 Å². The van der Waals surface area contributed by atoms with Gasteiger partial charge in [0.05, 0.1) is 5.69 Å². The first kappa shape index (κ1) is 15.7. The molecule has 120 valence electrons. The Kier molecular flexibility index (Phi) is 4.72. The van der Waals surface area contributed by atoms with Crippen LogP contribution in [0, 0.1) is 0 Å². The Morgan fingerprint density at radius 3 is 2.78 bits per heavy atom. The normalized spacial score (nSPS) is 13.0. The first-order valence-electron chi connectivity index (χ1n) is 7.75. The van der Waals surface area contributed by atoms with Crippen LogP contribution in [0.15, 0.2) is 42.5 Å². The number of nitrogens with one attached hydrogen (secondary N) is 1. The van der Waals surface area contributed by atoms with Gasteiger partial charge in [0, 0.05) is 18.1 Å². The molecule has 0 radical (unpaired) electrons. The number of carbonyl (C=O) groups excluding carboxylic acids is 1. The van der Waals surface area contributed by atoms with Crippen LogP contribution in [0.3, 0.4) is 0 Å². The topological polar surface area (TPSA) is 52.6 Å². The highest BCUT2D eigenvalue weighted by molar-refractivity contribution is 6.31. The highest BCUT2D eigenvalue weighted by Crippen LogP contribution is 2.30. The number of amides is 2. The third-order valence-corrected chi connectivity index (χ3v) is 4.28. The number of anilines is 1. The molecule has 0 unspecified atom stereocenters. The fraction of sp³-hybridized carbons (Fsp3) is 0.278. The number of carbonyl (C=O) groups is 1. The molecule has 4 nitrogen and oxygen atoms in total. The maximum Gasteiger partial charge on any atom is 0.321 e. The molecule has 2 N–H and O–H groups in total. The lowest BCUT2D eigenvalue weighted by molar-refractivity contribution is 0.246. The molecule has 1 aliphatic rings. The van der Waals surface area contributed by atoms with Crippen molar-refractivity contribution < 1.29 is 9.90 Å². The van der Waals surface area contributed by atoms with Gasteiger partial charge in [0.1, 0.15) is 5.75 Å². The number of nitrogens with zero attached hydrogens (tertiary/aromatic N) is 1. The van der Waals surface area contributed by atoms with Crippen molar-refractivity contribution >= 4 is 23.3 Å². The monoisotopic (exact) mass is 330 g/mol. The van der Waals surface area contributed by atoms with Crippen molar-refractivity contribution in [2.24, 2.45) is 0 Å². The van der Waals surface area contributed by atoms with Gasteiger partial charge in [-0.1, -0.05) is 29.8 Å². The predicted molar refractivity (Wildman–Crippen MR) is 92.3 cm³/mol. The molecule has 0 saturated heterocycles. The number of rotatable bonds is 4. The third kappa shape index (κ3) is 3.77. The molecule has 0 aromatic heterocycles. The molecule has 0 bridgehead atoms. The van der Waals surface area contributed by atoms with E-state index in [1.165, 1.54) is 0 Å². The van der Waals surface area contributed by atoms with Crippen LogP contribution < -0.4 is 10.2 Å². The Hall–Kier alpha value is -2.20. The summed E-state index contributed by atoms with van der Waals surface area (Å²) in [6.07, 6.45) is 2.59. The molecule has 1 heterocycles. The molecular weight excluding hydrogens is 312 g/mol. The van der Waals surface area contributed by atoms with Gasteiger partial charge in [-0.3, -0.25) is 4.90 Å². The number of phenolic OH excluding ortho intramolecular Hbond substituents is 1. The van der Waals surface area contributed by atoms with E-state index < -0.39 is 0 Å². The first-order valence-corrected chi connectivity index (χ1v) is 8.13. The summed E-state index contributed by atoms with van der Waals surface area (Å²) in [6.45, 7) is 1.31. The maximum atomic E-state index is 12.3. The summed E-state index contributed by atoms with van der Waals surface area (Å²) >= 11 is 6.02. The van der Waals surface area contributed by atoms with E-state index in [1.807, 2.05) is 30.3 Å². The molecule has 5 heteroatoms. The van der Waals surface area contributed by atoms with Crippen molar-refractivity contribution in [3.8, 4) is 5.75 Å². The van der Waals surface area contributed by atoms with Gasteiger partial charge >= 0.3 is 6.03 Å². The standard InChI is InChI=1S/C18H19ClN2O2/c19-15-6-5-14-9-11-21(17(14)12-15)18(23)20-10-1-2-13-3-7-16(22)8-4-13/h3-8,12,22H,1-2,9-11H2,(H,20,23). The van der Waals surface area contributed by atoms with Crippen LogP contribution in [0.5, 0.6) is 5.75 Å². The van der Waals surface area contributed by atoms with Gasteiger partial charge in [0.15, 0.2) is 0 Å². The lowest BCUT2D eigenvalue weighted by atomic mass is 10.1. The van der Waals surface area contributed by atoms with Crippen molar-refractivity contribution in [1.82, 2.24) is 5.32 Å². The highest BCUT2D eigenvalue weighted by Gasteiger charge is 2.24. The number of halogens is 1. The first-order chi connectivity index (χ1) is 11.1. The maximum absolute atomic E-state index is 12.3. The van der Waals surface area contributed by atoms with Gasteiger partial charge in [0.2, 0.25) is 0 Å². The molecule has 23 heavy (non-hydrogen) atoms. The fourth-order valence-electron chi connectivity index (χ4n) is 2.81. The summed E-state index contributed by atoms with van der Waals surface area (Å²) in [5, 5.41) is 12.9. The number of aryl methyl sites for hydroxylation is 1. The van der Waals surface area contributed by atoms with Crippen molar-refractivity contribution in [2.75, 3.05) is 18.0 Å². The molecule has 2 amide bonds. The van der Waals surface area contributed by atoms with Gasteiger partial charge in [-0.15, -0.1) is 0 Å². The van der Waals surface area contributed by atoms with Gasteiger partial charge < -0.3 is 10.4 Å². The largest absolute Gasteiger partial charge is 0.508 e. The van der Waals surface area contributed by atoms with Gasteiger partial charge in [-0.25, -0.2) is 4.79 Å². The van der Waals surface area contributed by atoms with E-state index in [0.717, 1.165) is 36.1 Å². The SMILES string of the molecule is O=C(NCCCc1ccc(O)cc1)N1CCc2ccc(Cl)cc21. The van der Waals surface area contributed by atoms with Crippen LogP contribution in [-0.2, 0) is 12.8 Å². The molecule has 3 rings (SSSR count). The van der Waals surface area contributed by atoms with Crippen LogP contribution in [0.4, 0.5) is 10.5 Å². The summed E-state index contributed by atoms with van der Waals surface area (Å²) in [4.78, 5) is 14.1. The smallest absolute Gasteiger partial charge is 0.321 e. The molecule has 2 aromatic rings. The van der Waals surface area contributed by atoms with Crippen molar-refractivity contribution in [3.05, 3.63) is 58.6 Å². The number of hydrogen-bond donors (Lipinski definition) is 2. The average Bonchev–Trinajstić information content (AvgIpc) is 2.96. The van der Waals surface area contributed by atoms with E-state index in [-0.39, 0.29) is 11.8 Å². The Labute approximate surface area is 140 Å². The van der Waals surface area contributed by atoms with E-state index in [4.69, 9.17) is 11.6 Å². The van der Waals surface area contributed by atoms with Crippen LogP contribution in [-0.4, -0.2) is 24.2 Å². The summed E-state index contributed by atoms with van der Waals surface area (Å²) in [6, 6.07) is 12.8. The summed E-state index contributed by atoms with van der Waals surface area (Å²) in [5.74, 6) is 0.272. The second-order valence-corrected chi connectivity index (χ2v) is 6.11. The zero-order valence-electron chi connectivity index (χ0n) is 12.8. The van der Waals surface area contributed by atoms with Crippen LogP contribution in [0.1, 0.15) is 17.5 Å². The third-order valence-electron chi connectivity index (χ3n) is 4.04. The summed E-state index contributed by atoms with van der Waals surface area (Å²) in [5.41, 5.74) is 3.22. The molecule has 0 aliphatic carbocycles. The number of phenols is 1. The lowest BCUT2D eigenvalue weighted by Gasteiger charge is -2.18. The van der Waals surface area contributed by atoms with Gasteiger partial charge in [-0.2, -0.15) is 0 Å². The molecule has 0 fully saturated rings. The Balaban J connectivity index is 1.49. The zero-order valence-corrected chi connectivity index (χ0v) is 13.5. The van der Waals surface area contributed by atoms with E-state index >= 15 is 0 Å². The number of benzene rings is 2. The number of fused-ring (bicyclic) bond motifs is 1. The van der Waals surface area contributed by atoms with Crippen molar-refractivity contribution in [3.63, 3.8) is 0 Å². The average molecular weight is 331 g/mol. The van der Waals surface area contributed by atoms with Crippen LogP contribution in [0.25, 0.3) is 0 Å². The Morgan fingerprint density at radius 2 is 2.00 bits per heavy atom. The second kappa shape index (κ2) is 6.92. The molecular formula is C18H19ClN2O2. The van der Waals surface area contributed by atoms with E-state index in [9.17, 15) is 9.90 Å². The number of hydrogen-bond acceptors (Lipinski definition) is 2. The predicted octanol–water partition coefficient (Wildman–Crippen LogP) is 3.75. The van der Waals surface area contributed by atoms with E-state index in [0.29, 0.717) is 18.1 Å². The Morgan fingerprint density at radius 1 is 1.22 bits per heavy atom. The molecule has 2 aromatic carbocycles. The molecule has 0 saturated carbocycles. The van der Waals surface area contributed by atoms with Gasteiger partial charge in [0.25, 0.3) is 0 Å². The van der Waals surface area contributed by atoms with Crippen LogP contribution >= 0.6 is 11.6 Å². The molecule has 0 spiro atoms. The van der Waals surface area contributed by atoms with Crippen molar-refractivity contribution in [2.45, 2.75) is 19.3 Å². The summed E-state index contributed by atoms with van der Waals surface area (Å²) in [7, 11) is 0. The van der Waals surface area contributed by atoms with E-state index in [2.05, 4.69) is 5.32 Å². The second-order valence-electron chi connectivity index (χ2n) is 5.68. The molecule has 0 atom stereocenters. The minimum Gasteiger partial charge on any atom is -0.508 e. The number of urea groups is 1. The molecule has 1 aliphatic heterocycles.